The van der Waals surface area contributed by atoms with Crippen LogP contribution >= 0.6 is 34.7 Å². The lowest BCUT2D eigenvalue weighted by atomic mass is 10.2. The van der Waals surface area contributed by atoms with E-state index in [1.165, 1.54) is 11.8 Å². The van der Waals surface area contributed by atoms with Crippen LogP contribution in [0.25, 0.3) is 0 Å². The Morgan fingerprint density at radius 3 is 2.75 bits per heavy atom. The summed E-state index contributed by atoms with van der Waals surface area (Å²) >= 11 is 8.87. The van der Waals surface area contributed by atoms with E-state index in [0.29, 0.717) is 11.6 Å². The van der Waals surface area contributed by atoms with Crippen LogP contribution in [0.4, 0.5) is 0 Å². The molecular formula is C14H15ClN2OS2. The Bertz CT molecular complexity index is 583. The number of nitrogens with one attached hydrogen (secondary N) is 1. The number of benzene rings is 1. The molecule has 106 valence electrons. The summed E-state index contributed by atoms with van der Waals surface area (Å²) in [6, 6.07) is 7.45. The third-order valence-electron chi connectivity index (χ3n) is 2.62. The molecule has 0 saturated heterocycles. The molecule has 1 unspecified atom stereocenters. The number of thiazole rings is 1. The molecular weight excluding hydrogens is 312 g/mol. The summed E-state index contributed by atoms with van der Waals surface area (Å²) in [6.45, 7) is 4.35. The summed E-state index contributed by atoms with van der Waals surface area (Å²) in [5.41, 5.74) is 2.02. The molecule has 0 aliphatic carbocycles. The number of rotatable bonds is 5. The van der Waals surface area contributed by atoms with Crippen molar-refractivity contribution in [1.82, 2.24) is 10.3 Å². The van der Waals surface area contributed by atoms with Crippen molar-refractivity contribution >= 4 is 40.6 Å². The zero-order valence-corrected chi connectivity index (χ0v) is 13.6. The van der Waals surface area contributed by atoms with Crippen LogP contribution in [-0.4, -0.2) is 16.1 Å². The van der Waals surface area contributed by atoms with Crippen molar-refractivity contribution in [3.63, 3.8) is 0 Å². The van der Waals surface area contributed by atoms with Crippen molar-refractivity contribution in [2.75, 3.05) is 0 Å². The smallest absolute Gasteiger partial charge is 0.233 e. The summed E-state index contributed by atoms with van der Waals surface area (Å²) in [5.74, 6) is 0.0119. The lowest BCUT2D eigenvalue weighted by molar-refractivity contribution is -0.120. The molecule has 1 N–H and O–H groups in total. The minimum Gasteiger partial charge on any atom is -0.351 e. The average Bonchev–Trinajstić information content (AvgIpc) is 2.83. The van der Waals surface area contributed by atoms with Crippen molar-refractivity contribution in [3.8, 4) is 0 Å². The number of carbonyl (C=O) groups is 1. The first-order chi connectivity index (χ1) is 9.54. The van der Waals surface area contributed by atoms with E-state index in [9.17, 15) is 4.79 Å². The van der Waals surface area contributed by atoms with Gasteiger partial charge < -0.3 is 5.32 Å². The maximum Gasteiger partial charge on any atom is 0.233 e. The Kier molecular flexibility index (Phi) is 5.46. The highest BCUT2D eigenvalue weighted by Gasteiger charge is 2.15. The van der Waals surface area contributed by atoms with E-state index in [-0.39, 0.29) is 11.2 Å². The standard InChI is InChI=1S/C14H15ClN2OS2/c1-9-8-19-14(17-9)20-10(2)13(18)16-7-11-3-5-12(15)6-4-11/h3-6,8,10H,7H2,1-2H3,(H,16,18). The third-order valence-corrected chi connectivity index (χ3v) is 5.07. The normalized spacial score (nSPS) is 12.2. The molecule has 1 heterocycles. The first-order valence-electron chi connectivity index (χ1n) is 6.15. The van der Waals surface area contributed by atoms with Gasteiger partial charge in [0.2, 0.25) is 5.91 Å². The second kappa shape index (κ2) is 7.11. The molecule has 0 aliphatic rings. The summed E-state index contributed by atoms with van der Waals surface area (Å²) < 4.78 is 0.927. The van der Waals surface area contributed by atoms with Gasteiger partial charge >= 0.3 is 0 Å². The Hall–Kier alpha value is -1.04. The van der Waals surface area contributed by atoms with E-state index >= 15 is 0 Å². The summed E-state index contributed by atoms with van der Waals surface area (Å²) in [4.78, 5) is 16.4. The highest BCUT2D eigenvalue weighted by Crippen LogP contribution is 2.26. The van der Waals surface area contributed by atoms with Gasteiger partial charge in [-0.3, -0.25) is 4.79 Å². The van der Waals surface area contributed by atoms with Crippen LogP contribution in [-0.2, 0) is 11.3 Å². The molecule has 3 nitrogen and oxygen atoms in total. The lowest BCUT2D eigenvalue weighted by Crippen LogP contribution is -2.30. The largest absolute Gasteiger partial charge is 0.351 e. The quantitative estimate of drug-likeness (QED) is 0.847. The monoisotopic (exact) mass is 326 g/mol. The van der Waals surface area contributed by atoms with Gasteiger partial charge in [-0.05, 0) is 31.5 Å². The van der Waals surface area contributed by atoms with Gasteiger partial charge in [-0.2, -0.15) is 0 Å². The molecule has 0 fully saturated rings. The van der Waals surface area contributed by atoms with E-state index < -0.39 is 0 Å². The van der Waals surface area contributed by atoms with Crippen LogP contribution in [0, 0.1) is 6.92 Å². The molecule has 2 aromatic rings. The molecule has 6 heteroatoms. The number of nitrogens with zero attached hydrogens (tertiary/aromatic N) is 1. The number of aromatic nitrogens is 1. The Morgan fingerprint density at radius 2 is 2.15 bits per heavy atom. The Morgan fingerprint density at radius 1 is 1.45 bits per heavy atom. The van der Waals surface area contributed by atoms with Crippen LogP contribution in [0.15, 0.2) is 34.0 Å². The molecule has 1 aromatic heterocycles. The molecule has 0 spiro atoms. The fourth-order valence-electron chi connectivity index (χ4n) is 1.53. The zero-order valence-electron chi connectivity index (χ0n) is 11.2. The molecule has 20 heavy (non-hydrogen) atoms. The number of aryl methyl sites for hydroxylation is 1. The van der Waals surface area contributed by atoms with Gasteiger partial charge in [-0.25, -0.2) is 4.98 Å². The third kappa shape index (κ3) is 4.51. The van der Waals surface area contributed by atoms with Crippen molar-refractivity contribution in [2.45, 2.75) is 30.0 Å². The van der Waals surface area contributed by atoms with Gasteiger partial charge in [-0.1, -0.05) is 35.5 Å². The molecule has 2 rings (SSSR count). The Balaban J connectivity index is 1.83. The fourth-order valence-corrected chi connectivity index (χ4v) is 3.66. The van der Waals surface area contributed by atoms with Crippen molar-refractivity contribution in [3.05, 3.63) is 45.9 Å². The first-order valence-corrected chi connectivity index (χ1v) is 8.29. The molecule has 0 bridgehead atoms. The van der Waals surface area contributed by atoms with E-state index in [4.69, 9.17) is 11.6 Å². The molecule has 1 atom stereocenters. The highest BCUT2D eigenvalue weighted by atomic mass is 35.5. The van der Waals surface area contributed by atoms with E-state index in [1.807, 2.05) is 43.5 Å². The van der Waals surface area contributed by atoms with Gasteiger partial charge in [0.15, 0.2) is 4.34 Å². The Labute approximate surface area is 131 Å². The molecule has 0 aliphatic heterocycles. The van der Waals surface area contributed by atoms with Gasteiger partial charge in [0, 0.05) is 22.6 Å². The van der Waals surface area contributed by atoms with Gasteiger partial charge in [0.1, 0.15) is 0 Å². The van der Waals surface area contributed by atoms with E-state index in [0.717, 1.165) is 15.6 Å². The summed E-state index contributed by atoms with van der Waals surface area (Å²) in [6.07, 6.45) is 0. The lowest BCUT2D eigenvalue weighted by Gasteiger charge is -2.10. The predicted molar refractivity (Wildman–Crippen MR) is 85.5 cm³/mol. The van der Waals surface area contributed by atoms with Crippen LogP contribution in [0.1, 0.15) is 18.2 Å². The average molecular weight is 327 g/mol. The van der Waals surface area contributed by atoms with Crippen LogP contribution in [0.3, 0.4) is 0 Å². The van der Waals surface area contributed by atoms with Crippen molar-refractivity contribution in [1.29, 1.82) is 0 Å². The van der Waals surface area contributed by atoms with Crippen molar-refractivity contribution < 1.29 is 4.79 Å². The van der Waals surface area contributed by atoms with E-state index in [1.54, 1.807) is 11.3 Å². The fraction of sp³-hybridized carbons (Fsp3) is 0.286. The summed E-state index contributed by atoms with van der Waals surface area (Å²) in [5, 5.41) is 5.44. The van der Waals surface area contributed by atoms with E-state index in [2.05, 4.69) is 10.3 Å². The first kappa shape index (κ1) is 15.4. The SMILES string of the molecule is Cc1csc(SC(C)C(=O)NCc2ccc(Cl)cc2)n1. The molecule has 1 amide bonds. The van der Waals surface area contributed by atoms with Crippen molar-refractivity contribution in [2.24, 2.45) is 0 Å². The maximum absolute atomic E-state index is 12.0. The minimum absolute atomic E-state index is 0.0119. The molecule has 0 radical (unpaired) electrons. The second-order valence-corrected chi connectivity index (χ2v) is 7.24. The summed E-state index contributed by atoms with van der Waals surface area (Å²) in [7, 11) is 0. The predicted octanol–water partition coefficient (Wildman–Crippen LogP) is 3.90. The number of halogens is 1. The topological polar surface area (TPSA) is 42.0 Å². The minimum atomic E-state index is -0.159. The van der Waals surface area contributed by atoms with Gasteiger partial charge in [-0.15, -0.1) is 11.3 Å². The second-order valence-electron chi connectivity index (χ2n) is 4.36. The number of amides is 1. The molecule has 0 saturated carbocycles. The number of hydrogen-bond donors (Lipinski definition) is 1. The maximum atomic E-state index is 12.0. The number of hydrogen-bond acceptors (Lipinski definition) is 4. The highest BCUT2D eigenvalue weighted by molar-refractivity contribution is 8.02. The van der Waals surface area contributed by atoms with Gasteiger partial charge in [0.05, 0.1) is 5.25 Å². The van der Waals surface area contributed by atoms with Crippen LogP contribution < -0.4 is 5.32 Å². The number of carbonyl (C=O) groups excluding carboxylic acids is 1. The molecule has 1 aromatic carbocycles. The van der Waals surface area contributed by atoms with Crippen LogP contribution in [0.5, 0.6) is 0 Å². The van der Waals surface area contributed by atoms with Crippen LogP contribution in [0.2, 0.25) is 5.02 Å². The number of thioether (sulfide) groups is 1. The van der Waals surface area contributed by atoms with Gasteiger partial charge in [0.25, 0.3) is 0 Å². The zero-order chi connectivity index (χ0) is 14.5.